The van der Waals surface area contributed by atoms with Crippen LogP contribution in [0.25, 0.3) is 93.6 Å². The van der Waals surface area contributed by atoms with Crippen LogP contribution >= 0.6 is 0 Å². The van der Waals surface area contributed by atoms with Gasteiger partial charge in [0, 0.05) is 38.1 Å². The van der Waals surface area contributed by atoms with Crippen molar-refractivity contribution >= 4 is 65.7 Å². The molecule has 10 aromatic rings. The van der Waals surface area contributed by atoms with Crippen LogP contribution in [0.4, 0.5) is 0 Å². The summed E-state index contributed by atoms with van der Waals surface area (Å²) in [5, 5.41) is 16.6. The van der Waals surface area contributed by atoms with Crippen molar-refractivity contribution in [3.63, 3.8) is 0 Å². The summed E-state index contributed by atoms with van der Waals surface area (Å²) in [6.07, 6.45) is 0. The molecule has 210 valence electrons. The Morgan fingerprint density at radius 1 is 0.422 bits per heavy atom. The fourth-order valence-electron chi connectivity index (χ4n) is 6.79. The number of fused-ring (bicyclic) bond motifs is 9. The van der Waals surface area contributed by atoms with Crippen molar-refractivity contribution < 1.29 is 8.83 Å². The Kier molecular flexibility index (Phi) is 4.93. The zero-order chi connectivity index (χ0) is 29.5. The summed E-state index contributed by atoms with van der Waals surface area (Å²) in [4.78, 5) is 1.73. The van der Waals surface area contributed by atoms with Crippen LogP contribution in [0.1, 0.15) is 0 Å². The number of furan rings is 2. The molecule has 0 aliphatic carbocycles. The summed E-state index contributed by atoms with van der Waals surface area (Å²) in [6.45, 7) is 0. The van der Waals surface area contributed by atoms with Crippen LogP contribution < -0.4 is 0 Å². The van der Waals surface area contributed by atoms with Gasteiger partial charge >= 0.3 is 0 Å². The van der Waals surface area contributed by atoms with Crippen LogP contribution in [0.2, 0.25) is 0 Å². The SMILES string of the molecule is c1ccc2c(c1)oc1c(-c3ccc(-n4nc5cc(-c6cccc7c6oc6ccccc67)c6ccccc6c5n4)cc3)cccc12. The molecule has 0 unspecified atom stereocenters. The van der Waals surface area contributed by atoms with E-state index in [-0.39, 0.29) is 0 Å². The summed E-state index contributed by atoms with van der Waals surface area (Å²) in [6, 6.07) is 47.9. The average Bonchev–Trinajstić information content (AvgIpc) is 3.81. The summed E-state index contributed by atoms with van der Waals surface area (Å²) in [5.41, 5.74) is 10.4. The Hall–Kier alpha value is -6.20. The average molecular weight is 578 g/mol. The molecule has 45 heavy (non-hydrogen) atoms. The van der Waals surface area contributed by atoms with Crippen molar-refractivity contribution in [3.05, 3.63) is 140 Å². The largest absolute Gasteiger partial charge is 0.455 e. The monoisotopic (exact) mass is 577 g/mol. The molecule has 10 rings (SSSR count). The second-order valence-electron chi connectivity index (χ2n) is 11.4. The highest BCUT2D eigenvalue weighted by atomic mass is 16.3. The van der Waals surface area contributed by atoms with Gasteiger partial charge in [-0.15, -0.1) is 10.2 Å². The molecule has 7 aromatic carbocycles. The Morgan fingerprint density at radius 3 is 1.67 bits per heavy atom. The molecule has 0 fully saturated rings. The van der Waals surface area contributed by atoms with Gasteiger partial charge in [0.2, 0.25) is 0 Å². The third-order valence-corrected chi connectivity index (χ3v) is 8.90. The van der Waals surface area contributed by atoms with E-state index >= 15 is 0 Å². The van der Waals surface area contributed by atoms with Crippen LogP contribution in [0.5, 0.6) is 0 Å². The Balaban J connectivity index is 1.11. The molecule has 0 amide bonds. The molecule has 3 aromatic heterocycles. The first-order chi connectivity index (χ1) is 22.3. The normalized spacial score (nSPS) is 12.0. The summed E-state index contributed by atoms with van der Waals surface area (Å²) >= 11 is 0. The van der Waals surface area contributed by atoms with E-state index < -0.39 is 0 Å². The van der Waals surface area contributed by atoms with E-state index in [0.717, 1.165) is 93.6 Å². The van der Waals surface area contributed by atoms with Crippen LogP contribution in [0.3, 0.4) is 0 Å². The molecule has 0 aliphatic rings. The second kappa shape index (κ2) is 9.15. The first-order valence-electron chi connectivity index (χ1n) is 15.0. The number of benzene rings is 7. The molecule has 0 saturated heterocycles. The van der Waals surface area contributed by atoms with Gasteiger partial charge in [-0.25, -0.2) is 0 Å². The molecule has 0 atom stereocenters. The second-order valence-corrected chi connectivity index (χ2v) is 11.4. The topological polar surface area (TPSA) is 57.0 Å². The molecule has 0 aliphatic heterocycles. The van der Waals surface area contributed by atoms with E-state index in [1.165, 1.54) is 0 Å². The predicted octanol–water partition coefficient (Wildman–Crippen LogP) is 10.7. The Labute approximate surface area is 256 Å². The fourth-order valence-corrected chi connectivity index (χ4v) is 6.79. The molecule has 3 heterocycles. The van der Waals surface area contributed by atoms with Gasteiger partial charge in [-0.05, 0) is 46.8 Å². The summed E-state index contributed by atoms with van der Waals surface area (Å²) in [5.74, 6) is 0. The first-order valence-corrected chi connectivity index (χ1v) is 15.0. The van der Waals surface area contributed by atoms with E-state index in [4.69, 9.17) is 19.0 Å². The maximum atomic E-state index is 6.42. The number of para-hydroxylation sites is 4. The highest BCUT2D eigenvalue weighted by Crippen LogP contribution is 2.40. The van der Waals surface area contributed by atoms with E-state index in [2.05, 4.69) is 109 Å². The molecular formula is C40H23N3O2. The minimum absolute atomic E-state index is 0.827. The fraction of sp³-hybridized carbons (Fsp3) is 0. The smallest absolute Gasteiger partial charge is 0.143 e. The van der Waals surface area contributed by atoms with E-state index in [0.29, 0.717) is 0 Å². The zero-order valence-electron chi connectivity index (χ0n) is 23.9. The van der Waals surface area contributed by atoms with Crippen LogP contribution in [-0.2, 0) is 0 Å². The molecule has 0 saturated carbocycles. The lowest BCUT2D eigenvalue weighted by molar-refractivity contribution is 0.669. The molecule has 0 N–H and O–H groups in total. The third kappa shape index (κ3) is 3.55. The van der Waals surface area contributed by atoms with Crippen molar-refractivity contribution in [2.45, 2.75) is 0 Å². The maximum absolute atomic E-state index is 6.42. The highest BCUT2D eigenvalue weighted by molar-refractivity contribution is 6.16. The standard InChI is InChI=1S/C40H23N3O2/c1-2-12-30-27(9-1)34(33-16-8-15-32-29-11-4-6-18-37(29)45-40(32)33)23-35-38(30)42-43(41-35)25-21-19-24(20-22-25)26-13-7-14-31-28-10-3-5-17-36(28)44-39(26)31/h1-23H. The number of hydrogen-bond donors (Lipinski definition) is 0. The third-order valence-electron chi connectivity index (χ3n) is 8.90. The molecule has 5 heteroatoms. The Morgan fingerprint density at radius 2 is 0.978 bits per heavy atom. The van der Waals surface area contributed by atoms with Gasteiger partial charge in [0.15, 0.2) is 0 Å². The van der Waals surface area contributed by atoms with Crippen molar-refractivity contribution in [3.8, 4) is 27.9 Å². The lowest BCUT2D eigenvalue weighted by Gasteiger charge is -2.08. The van der Waals surface area contributed by atoms with Gasteiger partial charge < -0.3 is 8.83 Å². The molecule has 0 bridgehead atoms. The van der Waals surface area contributed by atoms with Gasteiger partial charge in [-0.1, -0.05) is 109 Å². The molecule has 5 nitrogen and oxygen atoms in total. The van der Waals surface area contributed by atoms with Gasteiger partial charge in [0.05, 0.1) is 5.69 Å². The number of nitrogens with zero attached hydrogens (tertiary/aromatic N) is 3. The van der Waals surface area contributed by atoms with Crippen LogP contribution in [0, 0.1) is 0 Å². The Bertz CT molecular complexity index is 2760. The van der Waals surface area contributed by atoms with E-state index in [1.54, 1.807) is 4.80 Å². The quantitative estimate of drug-likeness (QED) is 0.210. The van der Waals surface area contributed by atoms with Gasteiger partial charge in [0.1, 0.15) is 33.4 Å². The van der Waals surface area contributed by atoms with Crippen molar-refractivity contribution in [1.29, 1.82) is 0 Å². The lowest BCUT2D eigenvalue weighted by Crippen LogP contribution is -1.98. The van der Waals surface area contributed by atoms with Gasteiger partial charge in [-0.3, -0.25) is 0 Å². The van der Waals surface area contributed by atoms with E-state index in [9.17, 15) is 0 Å². The highest BCUT2D eigenvalue weighted by Gasteiger charge is 2.18. The summed E-state index contributed by atoms with van der Waals surface area (Å²) in [7, 11) is 0. The maximum Gasteiger partial charge on any atom is 0.143 e. The molecule has 0 spiro atoms. The minimum Gasteiger partial charge on any atom is -0.455 e. The lowest BCUT2D eigenvalue weighted by atomic mass is 9.95. The predicted molar refractivity (Wildman–Crippen MR) is 182 cm³/mol. The minimum atomic E-state index is 0.827. The number of aromatic nitrogens is 3. The van der Waals surface area contributed by atoms with Crippen LogP contribution in [-0.4, -0.2) is 15.0 Å². The van der Waals surface area contributed by atoms with Crippen LogP contribution in [0.15, 0.2) is 148 Å². The van der Waals surface area contributed by atoms with Crippen molar-refractivity contribution in [2.24, 2.45) is 0 Å². The first kappa shape index (κ1) is 24.3. The zero-order valence-corrected chi connectivity index (χ0v) is 23.9. The van der Waals surface area contributed by atoms with Gasteiger partial charge in [-0.2, -0.15) is 4.80 Å². The number of rotatable bonds is 3. The summed E-state index contributed by atoms with van der Waals surface area (Å²) < 4.78 is 12.7. The number of hydrogen-bond acceptors (Lipinski definition) is 4. The van der Waals surface area contributed by atoms with Crippen molar-refractivity contribution in [1.82, 2.24) is 15.0 Å². The van der Waals surface area contributed by atoms with E-state index in [1.807, 2.05) is 30.3 Å². The molecular weight excluding hydrogens is 554 g/mol. The molecule has 0 radical (unpaired) electrons. The van der Waals surface area contributed by atoms with Gasteiger partial charge in [0.25, 0.3) is 0 Å². The van der Waals surface area contributed by atoms with Crippen molar-refractivity contribution in [2.75, 3.05) is 0 Å².